The number of alkyl halides is 2. The highest BCUT2D eigenvalue weighted by molar-refractivity contribution is 6.14. The topological polar surface area (TPSA) is 50.5 Å². The Hall–Kier alpha value is -4.84. The Labute approximate surface area is 213 Å². The van der Waals surface area contributed by atoms with E-state index in [1.54, 1.807) is 0 Å². The number of rotatable bonds is 7. The van der Waals surface area contributed by atoms with E-state index in [1.807, 2.05) is 121 Å². The molecule has 0 saturated carbocycles. The standard InChI is InChI=1S/C31H22F2N4/c32-30(33)31-36-26(34-28(22-13-5-1-6-14-22)23-15-7-2-8-16-23)21-27(37-31)35-29(24-17-9-3-10-18-24)25-19-11-4-12-20-25/h1-21,30H. The minimum absolute atomic E-state index is 0.104. The van der Waals surface area contributed by atoms with Crippen molar-refractivity contribution >= 4 is 23.1 Å². The zero-order valence-electron chi connectivity index (χ0n) is 19.7. The molecule has 0 saturated heterocycles. The first kappa shape index (κ1) is 23.9. The lowest BCUT2D eigenvalue weighted by molar-refractivity contribution is 0.140. The first-order valence-corrected chi connectivity index (χ1v) is 11.7. The minimum Gasteiger partial charge on any atom is -0.228 e. The van der Waals surface area contributed by atoms with Crippen LogP contribution in [0.15, 0.2) is 137 Å². The Morgan fingerprint density at radius 2 is 0.784 bits per heavy atom. The van der Waals surface area contributed by atoms with E-state index in [0.717, 1.165) is 22.3 Å². The van der Waals surface area contributed by atoms with Crippen LogP contribution in [-0.4, -0.2) is 21.4 Å². The molecular formula is C31H22F2N4. The molecule has 0 unspecified atom stereocenters. The van der Waals surface area contributed by atoms with Gasteiger partial charge in [0.1, 0.15) is 0 Å². The highest BCUT2D eigenvalue weighted by Gasteiger charge is 2.16. The Bertz CT molecular complexity index is 1330. The van der Waals surface area contributed by atoms with Gasteiger partial charge >= 0.3 is 0 Å². The second kappa shape index (κ2) is 11.3. The number of aliphatic imine (C=N–C) groups is 2. The molecule has 5 rings (SSSR count). The lowest BCUT2D eigenvalue weighted by atomic mass is 10.0. The molecule has 5 aromatic rings. The van der Waals surface area contributed by atoms with Crippen LogP contribution in [0.4, 0.5) is 20.4 Å². The Morgan fingerprint density at radius 3 is 1.05 bits per heavy atom. The van der Waals surface area contributed by atoms with Crippen LogP contribution >= 0.6 is 0 Å². The maximum absolute atomic E-state index is 13.9. The van der Waals surface area contributed by atoms with Crippen LogP contribution in [0.5, 0.6) is 0 Å². The predicted octanol–water partition coefficient (Wildman–Crippen LogP) is 7.75. The van der Waals surface area contributed by atoms with Gasteiger partial charge in [-0.2, -0.15) is 0 Å². The first-order valence-electron chi connectivity index (χ1n) is 11.7. The van der Waals surface area contributed by atoms with Crippen molar-refractivity contribution in [1.29, 1.82) is 0 Å². The van der Waals surface area contributed by atoms with Crippen LogP contribution in [0.3, 0.4) is 0 Å². The van der Waals surface area contributed by atoms with Crippen LogP contribution in [0.25, 0.3) is 0 Å². The molecule has 0 aliphatic rings. The second-order valence-corrected chi connectivity index (χ2v) is 8.13. The van der Waals surface area contributed by atoms with E-state index in [9.17, 15) is 8.78 Å². The minimum atomic E-state index is -2.88. The van der Waals surface area contributed by atoms with Crippen LogP contribution in [0, 0.1) is 0 Å². The van der Waals surface area contributed by atoms with Crippen LogP contribution in [-0.2, 0) is 0 Å². The fraction of sp³-hybridized carbons (Fsp3) is 0.0323. The summed E-state index contributed by atoms with van der Waals surface area (Å²) in [5.41, 5.74) is 4.58. The molecule has 0 atom stereocenters. The quantitative estimate of drug-likeness (QED) is 0.220. The molecule has 0 amide bonds. The largest absolute Gasteiger partial charge is 0.297 e. The molecule has 0 fully saturated rings. The molecule has 37 heavy (non-hydrogen) atoms. The molecule has 0 spiro atoms. The highest BCUT2D eigenvalue weighted by Crippen LogP contribution is 2.26. The van der Waals surface area contributed by atoms with E-state index >= 15 is 0 Å². The Kier molecular flexibility index (Phi) is 7.27. The van der Waals surface area contributed by atoms with Crippen LogP contribution in [0.2, 0.25) is 0 Å². The summed E-state index contributed by atoms with van der Waals surface area (Å²) < 4.78 is 27.7. The first-order chi connectivity index (χ1) is 18.2. The molecule has 0 N–H and O–H groups in total. The highest BCUT2D eigenvalue weighted by atomic mass is 19.3. The number of hydrogen-bond donors (Lipinski definition) is 0. The van der Waals surface area contributed by atoms with E-state index < -0.39 is 12.2 Å². The molecule has 0 bridgehead atoms. The van der Waals surface area contributed by atoms with Gasteiger partial charge in [-0.3, -0.25) is 0 Å². The van der Waals surface area contributed by atoms with Crippen molar-refractivity contribution in [3.63, 3.8) is 0 Å². The summed E-state index contributed by atoms with van der Waals surface area (Å²) >= 11 is 0. The molecule has 180 valence electrons. The van der Waals surface area contributed by atoms with Crippen LogP contribution in [0.1, 0.15) is 34.5 Å². The summed E-state index contributed by atoms with van der Waals surface area (Å²) in [6.07, 6.45) is -2.88. The van der Waals surface area contributed by atoms with Gasteiger partial charge in [0.15, 0.2) is 17.5 Å². The van der Waals surface area contributed by atoms with Gasteiger partial charge in [0, 0.05) is 28.3 Å². The molecule has 0 aliphatic heterocycles. The van der Waals surface area contributed by atoms with Gasteiger partial charge in [-0.25, -0.2) is 28.7 Å². The third kappa shape index (κ3) is 5.87. The zero-order chi connectivity index (χ0) is 25.5. The summed E-state index contributed by atoms with van der Waals surface area (Å²) in [5, 5.41) is 0. The molecule has 1 heterocycles. The van der Waals surface area contributed by atoms with Crippen molar-refractivity contribution in [3.8, 4) is 0 Å². The van der Waals surface area contributed by atoms with Crippen molar-refractivity contribution in [2.75, 3.05) is 0 Å². The maximum atomic E-state index is 13.9. The van der Waals surface area contributed by atoms with E-state index in [2.05, 4.69) is 9.97 Å². The molecule has 6 heteroatoms. The SMILES string of the molecule is FC(F)c1nc(N=C(c2ccccc2)c2ccccc2)cc(N=C(c2ccccc2)c2ccccc2)n1. The van der Waals surface area contributed by atoms with Crippen molar-refractivity contribution in [1.82, 2.24) is 9.97 Å². The Balaban J connectivity index is 1.68. The average molecular weight is 489 g/mol. The van der Waals surface area contributed by atoms with E-state index in [-0.39, 0.29) is 11.6 Å². The third-order valence-electron chi connectivity index (χ3n) is 5.55. The summed E-state index contributed by atoms with van der Waals surface area (Å²) in [6.45, 7) is 0. The lowest BCUT2D eigenvalue weighted by Crippen LogP contribution is -2.05. The number of benzene rings is 4. The normalized spacial score (nSPS) is 10.7. The van der Waals surface area contributed by atoms with E-state index in [4.69, 9.17) is 9.98 Å². The third-order valence-corrected chi connectivity index (χ3v) is 5.55. The van der Waals surface area contributed by atoms with Gasteiger partial charge in [-0.15, -0.1) is 0 Å². The second-order valence-electron chi connectivity index (χ2n) is 8.13. The fourth-order valence-electron chi connectivity index (χ4n) is 3.86. The van der Waals surface area contributed by atoms with Gasteiger partial charge < -0.3 is 0 Å². The molecule has 4 nitrogen and oxygen atoms in total. The lowest BCUT2D eigenvalue weighted by Gasteiger charge is -2.10. The summed E-state index contributed by atoms with van der Waals surface area (Å²) in [6, 6.07) is 39.8. The predicted molar refractivity (Wildman–Crippen MR) is 143 cm³/mol. The van der Waals surface area contributed by atoms with Gasteiger partial charge in [0.2, 0.25) is 0 Å². The van der Waals surface area contributed by atoms with Gasteiger partial charge in [0.25, 0.3) is 6.43 Å². The van der Waals surface area contributed by atoms with E-state index in [0.29, 0.717) is 11.4 Å². The molecular weight excluding hydrogens is 466 g/mol. The average Bonchev–Trinajstić information content (AvgIpc) is 2.96. The van der Waals surface area contributed by atoms with Gasteiger partial charge in [-0.1, -0.05) is 121 Å². The molecule has 4 aromatic carbocycles. The summed E-state index contributed by atoms with van der Waals surface area (Å²) in [4.78, 5) is 17.6. The summed E-state index contributed by atoms with van der Waals surface area (Å²) in [5.74, 6) is -0.416. The van der Waals surface area contributed by atoms with Gasteiger partial charge in [0.05, 0.1) is 11.4 Å². The zero-order valence-corrected chi connectivity index (χ0v) is 19.7. The smallest absolute Gasteiger partial charge is 0.228 e. The van der Waals surface area contributed by atoms with Crippen LogP contribution < -0.4 is 0 Å². The van der Waals surface area contributed by atoms with E-state index in [1.165, 1.54) is 6.07 Å². The number of nitrogens with zero attached hydrogens (tertiary/aromatic N) is 4. The van der Waals surface area contributed by atoms with Crippen molar-refractivity contribution in [3.05, 3.63) is 155 Å². The van der Waals surface area contributed by atoms with Crippen molar-refractivity contribution < 1.29 is 8.78 Å². The monoisotopic (exact) mass is 488 g/mol. The van der Waals surface area contributed by atoms with Crippen molar-refractivity contribution in [2.45, 2.75) is 6.43 Å². The Morgan fingerprint density at radius 1 is 0.486 bits per heavy atom. The number of halogens is 2. The maximum Gasteiger partial charge on any atom is 0.297 e. The van der Waals surface area contributed by atoms with Gasteiger partial charge in [-0.05, 0) is 0 Å². The molecule has 0 radical (unpaired) electrons. The fourth-order valence-corrected chi connectivity index (χ4v) is 3.86. The van der Waals surface area contributed by atoms with Crippen molar-refractivity contribution in [2.24, 2.45) is 9.98 Å². The molecule has 1 aromatic heterocycles. The molecule has 0 aliphatic carbocycles. The summed E-state index contributed by atoms with van der Waals surface area (Å²) in [7, 11) is 0. The number of hydrogen-bond acceptors (Lipinski definition) is 4. The number of aromatic nitrogens is 2.